The second-order valence-electron chi connectivity index (χ2n) is 12.1. The van der Waals surface area contributed by atoms with Crippen molar-refractivity contribution in [1.82, 2.24) is 0 Å². The Balaban J connectivity index is 0.000000514. The Kier molecular flexibility index (Phi) is 21.9. The molecule has 0 saturated carbocycles. The van der Waals surface area contributed by atoms with Crippen molar-refractivity contribution in [2.24, 2.45) is 0 Å². The van der Waals surface area contributed by atoms with Gasteiger partial charge in [0.05, 0.1) is 23.5 Å². The molecule has 9 heteroatoms. The Labute approximate surface area is 272 Å². The number of aromatic nitrogens is 1. The summed E-state index contributed by atoms with van der Waals surface area (Å²) in [6.07, 6.45) is 26.4. The SMILES string of the molecule is CCCCCCCCCCCCCCCC1OCC(COCCCCCC[n+]2ccsc2)O1.Cc1ccc(S(=O)(=O)[O-])cc1. The fraction of sp³-hybridized carbons (Fsp3) is 0.743. The van der Waals surface area contributed by atoms with Gasteiger partial charge in [0.25, 0.3) is 0 Å². The molecule has 1 saturated heterocycles. The van der Waals surface area contributed by atoms with Crippen molar-refractivity contribution >= 4 is 21.5 Å². The predicted molar refractivity (Wildman–Crippen MR) is 178 cm³/mol. The number of thiazole rings is 1. The second kappa shape index (κ2) is 24.8. The molecule has 1 fully saturated rings. The van der Waals surface area contributed by atoms with E-state index in [4.69, 9.17) is 14.2 Å². The smallest absolute Gasteiger partial charge is 0.224 e. The van der Waals surface area contributed by atoms with Crippen molar-refractivity contribution in [2.45, 2.75) is 153 Å². The van der Waals surface area contributed by atoms with Gasteiger partial charge in [-0.05, 0) is 44.7 Å². The first-order valence-electron chi connectivity index (χ1n) is 17.2. The Morgan fingerprint density at radius 2 is 1.45 bits per heavy atom. The van der Waals surface area contributed by atoms with Gasteiger partial charge in [-0.3, -0.25) is 0 Å². The van der Waals surface area contributed by atoms with Crippen LogP contribution in [0.25, 0.3) is 0 Å². The molecule has 2 aromatic rings. The summed E-state index contributed by atoms with van der Waals surface area (Å²) >= 11 is 1.76. The maximum absolute atomic E-state index is 10.4. The van der Waals surface area contributed by atoms with Crippen molar-refractivity contribution < 1.29 is 31.7 Å². The molecule has 1 aromatic carbocycles. The van der Waals surface area contributed by atoms with Crippen LogP contribution in [0.2, 0.25) is 0 Å². The van der Waals surface area contributed by atoms with E-state index in [1.54, 1.807) is 23.5 Å². The van der Waals surface area contributed by atoms with Crippen LogP contribution in [0.1, 0.15) is 128 Å². The molecular formula is C35H59NO6S2. The Bertz CT molecular complexity index is 1030. The van der Waals surface area contributed by atoms with E-state index in [0.717, 1.165) is 31.6 Å². The van der Waals surface area contributed by atoms with Crippen LogP contribution in [0.3, 0.4) is 0 Å². The van der Waals surface area contributed by atoms with Crippen LogP contribution in [0.4, 0.5) is 0 Å². The molecule has 0 bridgehead atoms. The molecule has 2 unspecified atom stereocenters. The molecule has 2 atom stereocenters. The number of unbranched alkanes of at least 4 members (excludes halogenated alkanes) is 15. The molecule has 2 heterocycles. The summed E-state index contributed by atoms with van der Waals surface area (Å²) in [6, 6.07) is 5.78. The maximum atomic E-state index is 10.4. The number of rotatable bonds is 24. The molecule has 1 aromatic heterocycles. The molecule has 252 valence electrons. The minimum absolute atomic E-state index is 0.000846. The molecule has 44 heavy (non-hydrogen) atoms. The standard InChI is InChI=1S/C28H52NO3S.C7H8O3S/c1-2-3-4-5-6-7-8-9-10-11-12-13-16-19-28-31-25-27(32-28)24-30-22-18-15-14-17-20-29-21-23-33-26-29;1-6-2-4-7(5-3-6)11(8,9)10/h21,23,26-28H,2-20,22,24-25H2,1H3;2-5H,1H3,(H,8,9,10)/q+1;/p-1. The van der Waals surface area contributed by atoms with E-state index in [0.29, 0.717) is 13.2 Å². The fourth-order valence-corrected chi connectivity index (χ4v) is 6.33. The molecule has 0 amide bonds. The van der Waals surface area contributed by atoms with Crippen LogP contribution >= 0.6 is 11.3 Å². The van der Waals surface area contributed by atoms with Gasteiger partial charge in [0.15, 0.2) is 12.5 Å². The van der Waals surface area contributed by atoms with Gasteiger partial charge < -0.3 is 18.8 Å². The minimum Gasteiger partial charge on any atom is -0.744 e. The largest absolute Gasteiger partial charge is 0.744 e. The van der Waals surface area contributed by atoms with E-state index in [9.17, 15) is 13.0 Å². The zero-order valence-electron chi connectivity index (χ0n) is 27.5. The van der Waals surface area contributed by atoms with Gasteiger partial charge in [-0.1, -0.05) is 119 Å². The van der Waals surface area contributed by atoms with Crippen LogP contribution in [0.5, 0.6) is 0 Å². The Morgan fingerprint density at radius 3 is 2.05 bits per heavy atom. The molecule has 0 aliphatic carbocycles. The second-order valence-corrected chi connectivity index (χ2v) is 14.2. The molecular weight excluding hydrogens is 595 g/mol. The molecule has 7 nitrogen and oxygen atoms in total. The zero-order chi connectivity index (χ0) is 31.7. The number of hydrogen-bond donors (Lipinski definition) is 0. The lowest BCUT2D eigenvalue weighted by molar-refractivity contribution is -0.692. The lowest BCUT2D eigenvalue weighted by Crippen LogP contribution is -2.29. The van der Waals surface area contributed by atoms with Crippen molar-refractivity contribution in [2.75, 3.05) is 19.8 Å². The number of hydrogen-bond acceptors (Lipinski definition) is 7. The van der Waals surface area contributed by atoms with E-state index in [1.807, 2.05) is 6.92 Å². The molecule has 0 N–H and O–H groups in total. The lowest BCUT2D eigenvalue weighted by Gasteiger charge is -2.12. The van der Waals surface area contributed by atoms with Crippen LogP contribution < -0.4 is 4.57 Å². The number of nitrogens with zero attached hydrogens (tertiary/aromatic N) is 1. The monoisotopic (exact) mass is 653 g/mol. The summed E-state index contributed by atoms with van der Waals surface area (Å²) in [4.78, 5) is -0.178. The molecule has 0 radical (unpaired) electrons. The third-order valence-corrected chi connectivity index (χ3v) is 9.47. The van der Waals surface area contributed by atoms with Gasteiger partial charge in [0.1, 0.15) is 22.8 Å². The average molecular weight is 654 g/mol. The summed E-state index contributed by atoms with van der Waals surface area (Å²) < 4.78 is 51.1. The van der Waals surface area contributed by atoms with E-state index < -0.39 is 10.1 Å². The van der Waals surface area contributed by atoms with E-state index >= 15 is 0 Å². The fourth-order valence-electron chi connectivity index (χ4n) is 5.24. The third-order valence-electron chi connectivity index (χ3n) is 7.95. The van der Waals surface area contributed by atoms with Crippen LogP contribution in [0, 0.1) is 6.92 Å². The maximum Gasteiger partial charge on any atom is 0.224 e. The molecule has 1 aliphatic rings. The van der Waals surface area contributed by atoms with E-state index in [1.165, 1.54) is 115 Å². The van der Waals surface area contributed by atoms with Gasteiger partial charge in [-0.25, -0.2) is 8.42 Å². The quantitative estimate of drug-likeness (QED) is 0.0640. The molecule has 3 rings (SSSR count). The van der Waals surface area contributed by atoms with E-state index in [-0.39, 0.29) is 17.3 Å². The van der Waals surface area contributed by atoms with Gasteiger partial charge in [-0.15, -0.1) is 0 Å². The zero-order valence-corrected chi connectivity index (χ0v) is 29.1. The third kappa shape index (κ3) is 19.9. The summed E-state index contributed by atoms with van der Waals surface area (Å²) in [5.74, 6) is 0. The highest BCUT2D eigenvalue weighted by Crippen LogP contribution is 2.19. The Hall–Kier alpha value is -1.36. The molecule has 0 spiro atoms. The van der Waals surface area contributed by atoms with Gasteiger partial charge in [-0.2, -0.15) is 4.57 Å². The summed E-state index contributed by atoms with van der Waals surface area (Å²) in [7, 11) is -4.27. The van der Waals surface area contributed by atoms with Gasteiger partial charge >= 0.3 is 0 Å². The first-order chi connectivity index (χ1) is 21.4. The van der Waals surface area contributed by atoms with Gasteiger partial charge in [0.2, 0.25) is 5.51 Å². The predicted octanol–water partition coefficient (Wildman–Crippen LogP) is 8.73. The van der Waals surface area contributed by atoms with Crippen molar-refractivity contribution in [3.8, 4) is 0 Å². The van der Waals surface area contributed by atoms with Crippen molar-refractivity contribution in [1.29, 1.82) is 0 Å². The van der Waals surface area contributed by atoms with Crippen molar-refractivity contribution in [3.63, 3.8) is 0 Å². The van der Waals surface area contributed by atoms with E-state index in [2.05, 4.69) is 28.6 Å². The number of aryl methyl sites for hydroxylation is 2. The first kappa shape index (κ1) is 38.8. The van der Waals surface area contributed by atoms with Crippen LogP contribution in [-0.2, 0) is 30.9 Å². The average Bonchev–Trinajstić information content (AvgIpc) is 3.69. The normalized spacial score (nSPS) is 16.6. The highest BCUT2D eigenvalue weighted by molar-refractivity contribution is 7.85. The molecule has 1 aliphatic heterocycles. The first-order valence-corrected chi connectivity index (χ1v) is 19.5. The minimum atomic E-state index is -4.27. The Morgan fingerprint density at radius 1 is 0.864 bits per heavy atom. The summed E-state index contributed by atoms with van der Waals surface area (Å²) in [6.45, 7) is 7.47. The number of ether oxygens (including phenoxy) is 3. The van der Waals surface area contributed by atoms with Crippen LogP contribution in [0.15, 0.2) is 46.2 Å². The lowest BCUT2D eigenvalue weighted by atomic mass is 10.0. The highest BCUT2D eigenvalue weighted by atomic mass is 32.2. The van der Waals surface area contributed by atoms with Crippen LogP contribution in [-0.4, -0.2) is 45.2 Å². The topological polar surface area (TPSA) is 88.8 Å². The van der Waals surface area contributed by atoms with Crippen molar-refractivity contribution in [3.05, 3.63) is 46.9 Å². The van der Waals surface area contributed by atoms with Gasteiger partial charge in [0, 0.05) is 13.0 Å². The summed E-state index contributed by atoms with van der Waals surface area (Å²) in [5, 5.41) is 2.13. The summed E-state index contributed by atoms with van der Waals surface area (Å²) in [5.41, 5.74) is 3.11. The highest BCUT2D eigenvalue weighted by Gasteiger charge is 2.25. The number of benzene rings is 1.